The summed E-state index contributed by atoms with van der Waals surface area (Å²) in [5.41, 5.74) is 5.08. The zero-order valence-electron chi connectivity index (χ0n) is 8.87. The Bertz CT molecular complexity index is 450. The number of nitrogen functional groups attached to an aromatic ring is 1. The zero-order valence-corrected chi connectivity index (χ0v) is 9.69. The predicted molar refractivity (Wildman–Crippen MR) is 58.7 cm³/mol. The van der Waals surface area contributed by atoms with Crippen LogP contribution in [0.2, 0.25) is 0 Å². The van der Waals surface area contributed by atoms with Crippen molar-refractivity contribution in [3.8, 4) is 0 Å². The molecule has 1 rings (SSSR count). The van der Waals surface area contributed by atoms with Crippen LogP contribution >= 0.6 is 11.8 Å². The number of halogens is 4. The Morgan fingerprint density at radius 2 is 2.06 bits per heavy atom. The van der Waals surface area contributed by atoms with Crippen LogP contribution in [0, 0.1) is 11.7 Å². The summed E-state index contributed by atoms with van der Waals surface area (Å²) >= 11 is 0.610. The molecule has 1 aromatic carbocycles. The quantitative estimate of drug-likeness (QED) is 0.506. The standard InChI is InChI=1S/C10H9F4NO2S/c11-7-3-5(1-2-8(7)15)18-4-6(9(16)17)10(12,13)14/h1-3,6H,4,15H2,(H,16,17). The number of alkyl halides is 3. The Kier molecular flexibility index (Phi) is 4.44. The molecule has 0 radical (unpaired) electrons. The Morgan fingerprint density at radius 1 is 1.44 bits per heavy atom. The molecule has 0 heterocycles. The second kappa shape index (κ2) is 5.47. The van der Waals surface area contributed by atoms with Crippen LogP contribution in [0.4, 0.5) is 23.2 Å². The van der Waals surface area contributed by atoms with Crippen molar-refractivity contribution >= 4 is 23.4 Å². The van der Waals surface area contributed by atoms with Gasteiger partial charge in [0.05, 0.1) is 5.69 Å². The van der Waals surface area contributed by atoms with E-state index >= 15 is 0 Å². The summed E-state index contributed by atoms with van der Waals surface area (Å²) in [7, 11) is 0. The van der Waals surface area contributed by atoms with Crippen LogP contribution in [-0.4, -0.2) is 23.0 Å². The van der Waals surface area contributed by atoms with Gasteiger partial charge in [-0.25, -0.2) is 4.39 Å². The lowest BCUT2D eigenvalue weighted by atomic mass is 10.2. The minimum atomic E-state index is -4.83. The normalized spacial score (nSPS) is 13.3. The van der Waals surface area contributed by atoms with Crippen molar-refractivity contribution in [3.63, 3.8) is 0 Å². The second-order valence-corrected chi connectivity index (χ2v) is 4.52. The maximum atomic E-state index is 13.0. The molecule has 0 aliphatic rings. The van der Waals surface area contributed by atoms with E-state index in [2.05, 4.69) is 0 Å². The van der Waals surface area contributed by atoms with Crippen molar-refractivity contribution in [3.05, 3.63) is 24.0 Å². The summed E-state index contributed by atoms with van der Waals surface area (Å²) in [6, 6.07) is 3.51. The lowest BCUT2D eigenvalue weighted by Crippen LogP contribution is -2.32. The molecular weight excluding hydrogens is 274 g/mol. The van der Waals surface area contributed by atoms with Crippen LogP contribution in [0.15, 0.2) is 23.1 Å². The van der Waals surface area contributed by atoms with Gasteiger partial charge in [-0.1, -0.05) is 0 Å². The van der Waals surface area contributed by atoms with Crippen LogP contribution < -0.4 is 5.73 Å². The lowest BCUT2D eigenvalue weighted by Gasteiger charge is -2.15. The fourth-order valence-electron chi connectivity index (χ4n) is 1.08. The zero-order chi connectivity index (χ0) is 13.9. The fourth-order valence-corrected chi connectivity index (χ4v) is 2.12. The molecule has 0 saturated heterocycles. The number of aliphatic carboxylic acids is 1. The van der Waals surface area contributed by atoms with E-state index in [9.17, 15) is 22.4 Å². The highest BCUT2D eigenvalue weighted by Gasteiger charge is 2.44. The first-order valence-electron chi connectivity index (χ1n) is 4.69. The molecule has 0 aliphatic heterocycles. The molecule has 0 fully saturated rings. The first-order chi connectivity index (χ1) is 8.21. The van der Waals surface area contributed by atoms with Gasteiger partial charge < -0.3 is 10.8 Å². The number of carboxylic acid groups (broad SMARTS) is 1. The lowest BCUT2D eigenvalue weighted by molar-refractivity contribution is -0.188. The minimum Gasteiger partial charge on any atom is -0.481 e. The first-order valence-corrected chi connectivity index (χ1v) is 5.67. The highest BCUT2D eigenvalue weighted by atomic mass is 32.2. The van der Waals surface area contributed by atoms with Crippen LogP contribution in [0.5, 0.6) is 0 Å². The topological polar surface area (TPSA) is 63.3 Å². The number of thioether (sulfide) groups is 1. The number of anilines is 1. The second-order valence-electron chi connectivity index (χ2n) is 3.43. The molecule has 0 bridgehead atoms. The summed E-state index contributed by atoms with van der Waals surface area (Å²) in [6.07, 6.45) is -4.83. The van der Waals surface area contributed by atoms with Gasteiger partial charge in [0.25, 0.3) is 0 Å². The molecule has 0 amide bonds. The van der Waals surface area contributed by atoms with Gasteiger partial charge in [-0.15, -0.1) is 11.8 Å². The van der Waals surface area contributed by atoms with Crippen molar-refractivity contribution < 1.29 is 27.5 Å². The van der Waals surface area contributed by atoms with Gasteiger partial charge in [0.15, 0.2) is 5.92 Å². The Labute approximate surface area is 104 Å². The van der Waals surface area contributed by atoms with Crippen LogP contribution in [0.3, 0.4) is 0 Å². The highest BCUT2D eigenvalue weighted by molar-refractivity contribution is 7.99. The average Bonchev–Trinajstić information content (AvgIpc) is 2.21. The average molecular weight is 283 g/mol. The van der Waals surface area contributed by atoms with Gasteiger partial charge in [-0.05, 0) is 18.2 Å². The number of hydrogen-bond donors (Lipinski definition) is 2. The van der Waals surface area contributed by atoms with Gasteiger partial charge >= 0.3 is 12.1 Å². The van der Waals surface area contributed by atoms with Crippen LogP contribution in [0.25, 0.3) is 0 Å². The molecule has 8 heteroatoms. The molecule has 0 aliphatic carbocycles. The summed E-state index contributed by atoms with van der Waals surface area (Å²) < 4.78 is 50.0. The molecule has 0 saturated carbocycles. The van der Waals surface area contributed by atoms with Gasteiger partial charge in [0.1, 0.15) is 5.82 Å². The molecule has 3 nitrogen and oxygen atoms in total. The summed E-state index contributed by atoms with van der Waals surface area (Å²) in [6.45, 7) is 0. The third kappa shape index (κ3) is 3.80. The summed E-state index contributed by atoms with van der Waals surface area (Å²) in [5, 5.41) is 8.46. The molecular formula is C10H9F4NO2S. The van der Waals surface area contributed by atoms with E-state index in [1.54, 1.807) is 0 Å². The number of carbonyl (C=O) groups is 1. The molecule has 3 N–H and O–H groups in total. The van der Waals surface area contributed by atoms with Crippen LogP contribution in [-0.2, 0) is 4.79 Å². The number of rotatable bonds is 4. The third-order valence-corrected chi connectivity index (χ3v) is 3.17. The van der Waals surface area contributed by atoms with E-state index in [0.717, 1.165) is 6.07 Å². The third-order valence-electron chi connectivity index (χ3n) is 2.08. The first kappa shape index (κ1) is 14.6. The summed E-state index contributed by atoms with van der Waals surface area (Å²) in [4.78, 5) is 10.7. The molecule has 1 atom stereocenters. The number of benzene rings is 1. The number of hydrogen-bond acceptors (Lipinski definition) is 3. The minimum absolute atomic E-state index is 0.120. The van der Waals surface area contributed by atoms with Crippen molar-refractivity contribution in [2.24, 2.45) is 5.92 Å². The van der Waals surface area contributed by atoms with E-state index < -0.39 is 29.6 Å². The van der Waals surface area contributed by atoms with Crippen molar-refractivity contribution in [1.29, 1.82) is 0 Å². The van der Waals surface area contributed by atoms with Gasteiger partial charge in [0, 0.05) is 10.6 Å². The van der Waals surface area contributed by atoms with E-state index in [0.29, 0.717) is 11.8 Å². The molecule has 100 valence electrons. The van der Waals surface area contributed by atoms with E-state index in [-0.39, 0.29) is 10.6 Å². The van der Waals surface area contributed by atoms with E-state index in [4.69, 9.17) is 10.8 Å². The van der Waals surface area contributed by atoms with Crippen LogP contribution in [0.1, 0.15) is 0 Å². The Morgan fingerprint density at radius 3 is 2.50 bits per heavy atom. The van der Waals surface area contributed by atoms with E-state index in [1.165, 1.54) is 12.1 Å². The largest absolute Gasteiger partial charge is 0.481 e. The number of carboxylic acids is 1. The summed E-state index contributed by atoms with van der Waals surface area (Å²) in [5.74, 6) is -5.91. The molecule has 0 aromatic heterocycles. The van der Waals surface area contributed by atoms with Gasteiger partial charge in [-0.3, -0.25) is 4.79 Å². The fraction of sp³-hybridized carbons (Fsp3) is 0.300. The number of nitrogens with two attached hydrogens (primary N) is 1. The van der Waals surface area contributed by atoms with Gasteiger partial charge in [0.2, 0.25) is 0 Å². The predicted octanol–water partition coefficient (Wildman–Crippen LogP) is 2.76. The molecule has 1 aromatic rings. The molecule has 1 unspecified atom stereocenters. The van der Waals surface area contributed by atoms with E-state index in [1.807, 2.05) is 0 Å². The Balaban J connectivity index is 2.73. The molecule has 0 spiro atoms. The van der Waals surface area contributed by atoms with Crippen molar-refractivity contribution in [1.82, 2.24) is 0 Å². The highest BCUT2D eigenvalue weighted by Crippen LogP contribution is 2.32. The SMILES string of the molecule is Nc1ccc(SCC(C(=O)O)C(F)(F)F)cc1F. The maximum Gasteiger partial charge on any atom is 0.403 e. The Hall–Kier alpha value is -1.44. The van der Waals surface area contributed by atoms with Gasteiger partial charge in [-0.2, -0.15) is 13.2 Å². The smallest absolute Gasteiger partial charge is 0.403 e. The van der Waals surface area contributed by atoms with Crippen molar-refractivity contribution in [2.45, 2.75) is 11.1 Å². The monoisotopic (exact) mass is 283 g/mol. The van der Waals surface area contributed by atoms with Crippen molar-refractivity contribution in [2.75, 3.05) is 11.5 Å². The molecule has 18 heavy (non-hydrogen) atoms. The maximum absolute atomic E-state index is 13.0.